The molecule has 0 spiro atoms. The Morgan fingerprint density at radius 1 is 0.909 bits per heavy atom. The van der Waals surface area contributed by atoms with Crippen LogP contribution < -0.4 is 0 Å². The normalized spacial score (nSPS) is 12.3. The average molecular weight is 358 g/mol. The molecule has 0 aromatic heterocycles. The van der Waals surface area contributed by atoms with Crippen LogP contribution in [-0.4, -0.2) is 27.6 Å². The van der Waals surface area contributed by atoms with Gasteiger partial charge in [-0.3, -0.25) is 4.55 Å². The molecule has 0 radical (unpaired) electrons. The summed E-state index contributed by atoms with van der Waals surface area (Å²) in [6.45, 7) is 1.83. The Labute approximate surface area is 134 Å². The highest BCUT2D eigenvalue weighted by Crippen LogP contribution is 2.30. The zero-order valence-electron chi connectivity index (χ0n) is 11.8. The molecule has 22 heavy (non-hydrogen) atoms. The molecule has 0 unspecified atom stereocenters. The molecule has 0 fully saturated rings. The van der Waals surface area contributed by atoms with Gasteiger partial charge in [0, 0.05) is 4.90 Å². The third-order valence-corrected chi connectivity index (χ3v) is 6.64. The maximum Gasteiger partial charge on any atom is 0.295 e. The molecule has 5 nitrogen and oxygen atoms in total. The van der Waals surface area contributed by atoms with Crippen molar-refractivity contribution in [1.82, 2.24) is 0 Å². The standard InChI is InChI=1S/C14H14O5S3/c1-10-3-5-11(6-4-10)21(15,16)12-7-8-13(20-2)14(9-12)22(17,18)19/h3-9H,1-2H3,(H,17,18,19). The van der Waals surface area contributed by atoms with Crippen LogP contribution in [0.2, 0.25) is 0 Å². The van der Waals surface area contributed by atoms with E-state index >= 15 is 0 Å². The molecule has 0 atom stereocenters. The summed E-state index contributed by atoms with van der Waals surface area (Å²) in [7, 11) is -8.35. The number of hydrogen-bond donors (Lipinski definition) is 1. The Bertz CT molecular complexity index is 898. The van der Waals surface area contributed by atoms with E-state index in [9.17, 15) is 21.4 Å². The second kappa shape index (κ2) is 6.04. The fraction of sp³-hybridized carbons (Fsp3) is 0.143. The lowest BCUT2D eigenvalue weighted by atomic mass is 10.2. The van der Waals surface area contributed by atoms with Crippen molar-refractivity contribution in [2.45, 2.75) is 26.5 Å². The van der Waals surface area contributed by atoms with Gasteiger partial charge in [0.05, 0.1) is 9.79 Å². The van der Waals surface area contributed by atoms with E-state index in [1.807, 2.05) is 6.92 Å². The summed E-state index contributed by atoms with van der Waals surface area (Å²) in [5, 5.41) is 0. The van der Waals surface area contributed by atoms with E-state index in [-0.39, 0.29) is 14.7 Å². The van der Waals surface area contributed by atoms with Crippen molar-refractivity contribution in [3.63, 3.8) is 0 Å². The number of rotatable bonds is 4. The molecular weight excluding hydrogens is 344 g/mol. The zero-order chi connectivity index (χ0) is 16.5. The van der Waals surface area contributed by atoms with Crippen molar-refractivity contribution in [3.05, 3.63) is 48.0 Å². The monoisotopic (exact) mass is 358 g/mol. The minimum absolute atomic E-state index is 0.0660. The first kappa shape index (κ1) is 17.0. The zero-order valence-corrected chi connectivity index (χ0v) is 14.3. The van der Waals surface area contributed by atoms with Gasteiger partial charge in [-0.2, -0.15) is 8.42 Å². The van der Waals surface area contributed by atoms with Crippen molar-refractivity contribution in [2.24, 2.45) is 0 Å². The highest BCUT2D eigenvalue weighted by molar-refractivity contribution is 7.99. The van der Waals surface area contributed by atoms with Gasteiger partial charge in [-0.25, -0.2) is 8.42 Å². The van der Waals surface area contributed by atoms with E-state index in [4.69, 9.17) is 0 Å². The fourth-order valence-corrected chi connectivity index (χ4v) is 4.87. The van der Waals surface area contributed by atoms with E-state index in [1.165, 1.54) is 24.3 Å². The molecular formula is C14H14O5S3. The SMILES string of the molecule is CSc1ccc(S(=O)(=O)c2ccc(C)cc2)cc1S(=O)(=O)O. The van der Waals surface area contributed by atoms with Crippen LogP contribution in [0, 0.1) is 6.92 Å². The topological polar surface area (TPSA) is 88.5 Å². The number of thioether (sulfide) groups is 1. The van der Waals surface area contributed by atoms with Crippen molar-refractivity contribution in [2.75, 3.05) is 6.26 Å². The van der Waals surface area contributed by atoms with E-state index in [0.717, 1.165) is 23.4 Å². The van der Waals surface area contributed by atoms with Gasteiger partial charge in [0.2, 0.25) is 9.84 Å². The molecule has 0 bridgehead atoms. The maximum atomic E-state index is 12.5. The Morgan fingerprint density at radius 2 is 1.45 bits per heavy atom. The Hall–Kier alpha value is -1.35. The van der Waals surface area contributed by atoms with Crippen LogP contribution in [0.3, 0.4) is 0 Å². The first-order valence-electron chi connectivity index (χ1n) is 6.13. The van der Waals surface area contributed by atoms with Gasteiger partial charge in [0.15, 0.2) is 0 Å². The Kier molecular flexibility index (Phi) is 4.67. The predicted octanol–water partition coefficient (Wildman–Crippen LogP) is 2.80. The van der Waals surface area contributed by atoms with Gasteiger partial charge in [-0.05, 0) is 43.5 Å². The minimum atomic E-state index is -4.50. The smallest absolute Gasteiger partial charge is 0.282 e. The third-order valence-electron chi connectivity index (χ3n) is 3.05. The molecule has 1 N–H and O–H groups in total. The molecule has 0 heterocycles. The van der Waals surface area contributed by atoms with Crippen molar-refractivity contribution < 1.29 is 21.4 Å². The molecule has 0 aliphatic heterocycles. The largest absolute Gasteiger partial charge is 0.295 e. The summed E-state index contributed by atoms with van der Waals surface area (Å²) in [6.07, 6.45) is 1.64. The third kappa shape index (κ3) is 3.35. The highest BCUT2D eigenvalue weighted by atomic mass is 32.2. The summed E-state index contributed by atoms with van der Waals surface area (Å²) in [5.74, 6) is 0. The Balaban J connectivity index is 2.65. The number of hydrogen-bond acceptors (Lipinski definition) is 5. The predicted molar refractivity (Wildman–Crippen MR) is 84.7 cm³/mol. The first-order chi connectivity index (χ1) is 10.2. The lowest BCUT2D eigenvalue weighted by Crippen LogP contribution is -2.06. The minimum Gasteiger partial charge on any atom is -0.282 e. The van der Waals surface area contributed by atoms with Crippen LogP contribution >= 0.6 is 11.8 Å². The number of benzene rings is 2. The van der Waals surface area contributed by atoms with Crippen LogP contribution in [0.4, 0.5) is 0 Å². The summed E-state index contributed by atoms with van der Waals surface area (Å²) < 4.78 is 57.2. The van der Waals surface area contributed by atoms with Crippen molar-refractivity contribution in [3.8, 4) is 0 Å². The van der Waals surface area contributed by atoms with E-state index in [1.54, 1.807) is 18.4 Å². The van der Waals surface area contributed by atoms with Crippen molar-refractivity contribution in [1.29, 1.82) is 0 Å². The lowest BCUT2D eigenvalue weighted by molar-refractivity contribution is 0.480. The summed E-state index contributed by atoms with van der Waals surface area (Å²) in [4.78, 5) is -0.239. The summed E-state index contributed by atoms with van der Waals surface area (Å²) in [5.41, 5.74) is 0.912. The number of aryl methyl sites for hydroxylation is 1. The molecule has 0 amide bonds. The highest BCUT2D eigenvalue weighted by Gasteiger charge is 2.22. The molecule has 2 aromatic rings. The molecule has 0 aliphatic rings. The lowest BCUT2D eigenvalue weighted by Gasteiger charge is -2.09. The summed E-state index contributed by atoms with van der Waals surface area (Å²) in [6, 6.07) is 9.92. The molecule has 2 rings (SSSR count). The molecule has 118 valence electrons. The van der Waals surface area contributed by atoms with E-state index in [2.05, 4.69) is 0 Å². The number of sulfone groups is 1. The van der Waals surface area contributed by atoms with E-state index in [0.29, 0.717) is 0 Å². The van der Waals surface area contributed by atoms with Crippen molar-refractivity contribution >= 4 is 31.7 Å². The van der Waals surface area contributed by atoms with E-state index < -0.39 is 24.9 Å². The van der Waals surface area contributed by atoms with Gasteiger partial charge in [-0.15, -0.1) is 11.8 Å². The average Bonchev–Trinajstić information content (AvgIpc) is 2.46. The van der Waals surface area contributed by atoms with Crippen LogP contribution in [-0.2, 0) is 20.0 Å². The van der Waals surface area contributed by atoms with Crippen LogP contribution in [0.1, 0.15) is 5.56 Å². The van der Waals surface area contributed by atoms with Gasteiger partial charge in [0.25, 0.3) is 10.1 Å². The maximum absolute atomic E-state index is 12.5. The first-order valence-corrected chi connectivity index (χ1v) is 10.3. The Morgan fingerprint density at radius 3 is 1.95 bits per heavy atom. The second-order valence-electron chi connectivity index (χ2n) is 4.60. The molecule has 8 heteroatoms. The fourth-order valence-electron chi connectivity index (χ4n) is 1.88. The van der Waals surface area contributed by atoms with Gasteiger partial charge >= 0.3 is 0 Å². The molecule has 0 saturated carbocycles. The van der Waals surface area contributed by atoms with Crippen LogP contribution in [0.25, 0.3) is 0 Å². The summed E-state index contributed by atoms with van der Waals surface area (Å²) >= 11 is 1.11. The molecule has 2 aromatic carbocycles. The quantitative estimate of drug-likeness (QED) is 0.668. The molecule has 0 aliphatic carbocycles. The second-order valence-corrected chi connectivity index (χ2v) is 8.79. The molecule has 0 saturated heterocycles. The van der Waals surface area contributed by atoms with Gasteiger partial charge in [-0.1, -0.05) is 17.7 Å². The van der Waals surface area contributed by atoms with Crippen LogP contribution in [0.15, 0.2) is 62.0 Å². The van der Waals surface area contributed by atoms with Crippen LogP contribution in [0.5, 0.6) is 0 Å². The van der Waals surface area contributed by atoms with Gasteiger partial charge < -0.3 is 0 Å². The van der Waals surface area contributed by atoms with Gasteiger partial charge in [0.1, 0.15) is 4.90 Å².